The number of nitrogens with zero attached hydrogens (tertiary/aromatic N) is 2. The summed E-state index contributed by atoms with van der Waals surface area (Å²) < 4.78 is 42.7. The lowest BCUT2D eigenvalue weighted by atomic mass is 9.95. The van der Waals surface area contributed by atoms with E-state index >= 15 is 0 Å². The minimum Gasteiger partial charge on any atom is -0.496 e. The smallest absolute Gasteiger partial charge is 0.387 e. The third kappa shape index (κ3) is 4.91. The van der Waals surface area contributed by atoms with Crippen LogP contribution in [0.1, 0.15) is 31.0 Å². The van der Waals surface area contributed by atoms with Crippen LogP contribution in [0, 0.1) is 0 Å². The minimum absolute atomic E-state index is 0.0743. The molecule has 0 unspecified atom stereocenters. The van der Waals surface area contributed by atoms with E-state index < -0.39 is 24.2 Å². The van der Waals surface area contributed by atoms with E-state index in [0.717, 1.165) is 11.3 Å². The molecule has 1 aliphatic rings. The normalized spacial score (nSPS) is 15.5. The van der Waals surface area contributed by atoms with E-state index in [4.69, 9.17) is 21.1 Å². The first-order valence-electron chi connectivity index (χ1n) is 10.8. The van der Waals surface area contributed by atoms with E-state index in [1.165, 1.54) is 23.8 Å². The minimum atomic E-state index is -3.02. The number of aromatic nitrogens is 1. The zero-order valence-corrected chi connectivity index (χ0v) is 21.0. The van der Waals surface area contributed by atoms with Crippen molar-refractivity contribution in [3.63, 3.8) is 0 Å². The first kappa shape index (κ1) is 25.6. The molecule has 1 aliphatic heterocycles. The van der Waals surface area contributed by atoms with Crippen LogP contribution in [0.15, 0.2) is 63.5 Å². The van der Waals surface area contributed by atoms with Crippen LogP contribution in [0.3, 0.4) is 0 Å². The number of ether oxygens (including phenoxy) is 3. The Hall–Kier alpha value is -3.50. The second-order valence-corrected chi connectivity index (χ2v) is 9.05. The lowest BCUT2D eigenvalue weighted by Gasteiger charge is -2.26. The SMILES string of the molecule is CCOC(=O)C1=C(C)N=c2s/c(=C\c3ccccc3OC(F)F)c(=O)n2[C@H]1c1cc(Cl)ccc1OC. The Morgan fingerprint density at radius 3 is 2.69 bits per heavy atom. The summed E-state index contributed by atoms with van der Waals surface area (Å²) in [5.41, 5.74) is 0.817. The quantitative estimate of drug-likeness (QED) is 0.427. The molecule has 4 rings (SSSR count). The first-order chi connectivity index (χ1) is 17.2. The molecule has 3 aromatic rings. The van der Waals surface area contributed by atoms with Crippen LogP contribution in [0.4, 0.5) is 8.78 Å². The summed E-state index contributed by atoms with van der Waals surface area (Å²) in [4.78, 5) is 31.5. The van der Waals surface area contributed by atoms with Crippen molar-refractivity contribution in [1.82, 2.24) is 4.57 Å². The molecule has 2 heterocycles. The van der Waals surface area contributed by atoms with Crippen molar-refractivity contribution >= 4 is 35.0 Å². The van der Waals surface area contributed by atoms with Gasteiger partial charge in [-0.05, 0) is 44.2 Å². The van der Waals surface area contributed by atoms with Crippen molar-refractivity contribution < 1.29 is 27.8 Å². The Labute approximate surface area is 213 Å². The molecule has 0 saturated carbocycles. The monoisotopic (exact) mass is 534 g/mol. The number of para-hydroxylation sites is 1. The van der Waals surface area contributed by atoms with Crippen LogP contribution in [-0.4, -0.2) is 30.9 Å². The Morgan fingerprint density at radius 2 is 2.00 bits per heavy atom. The maximum Gasteiger partial charge on any atom is 0.387 e. The van der Waals surface area contributed by atoms with Crippen LogP contribution >= 0.6 is 22.9 Å². The molecule has 2 aromatic carbocycles. The number of hydrogen-bond acceptors (Lipinski definition) is 7. The van der Waals surface area contributed by atoms with Crippen LogP contribution in [0.25, 0.3) is 6.08 Å². The molecule has 0 radical (unpaired) electrons. The second kappa shape index (κ2) is 10.6. The van der Waals surface area contributed by atoms with E-state index in [-0.39, 0.29) is 22.5 Å². The molecule has 188 valence electrons. The number of halogens is 3. The van der Waals surface area contributed by atoms with Crippen molar-refractivity contribution in [2.24, 2.45) is 4.99 Å². The largest absolute Gasteiger partial charge is 0.496 e. The molecule has 0 saturated heterocycles. The molecular formula is C25H21ClF2N2O5S. The number of benzene rings is 2. The zero-order valence-electron chi connectivity index (χ0n) is 19.5. The van der Waals surface area contributed by atoms with E-state index in [1.807, 2.05) is 0 Å². The number of fused-ring (bicyclic) bond motifs is 1. The summed E-state index contributed by atoms with van der Waals surface area (Å²) in [6, 6.07) is 10.1. The van der Waals surface area contributed by atoms with Crippen molar-refractivity contribution in [1.29, 1.82) is 0 Å². The summed E-state index contributed by atoms with van der Waals surface area (Å²) >= 11 is 7.34. The lowest BCUT2D eigenvalue weighted by Crippen LogP contribution is -2.40. The number of carbonyl (C=O) groups excluding carboxylic acids is 1. The summed E-state index contributed by atoms with van der Waals surface area (Å²) in [5, 5.41) is 0.379. The van der Waals surface area contributed by atoms with Gasteiger partial charge in [-0.1, -0.05) is 41.1 Å². The van der Waals surface area contributed by atoms with Crippen LogP contribution in [-0.2, 0) is 9.53 Å². The number of carbonyl (C=O) groups is 1. The number of thiazole rings is 1. The van der Waals surface area contributed by atoms with E-state index in [0.29, 0.717) is 32.4 Å². The molecule has 0 aliphatic carbocycles. The van der Waals surface area contributed by atoms with Gasteiger partial charge in [-0.2, -0.15) is 8.78 Å². The highest BCUT2D eigenvalue weighted by atomic mass is 35.5. The van der Waals surface area contributed by atoms with Gasteiger partial charge < -0.3 is 14.2 Å². The Kier molecular flexibility index (Phi) is 7.56. The molecule has 1 atom stereocenters. The van der Waals surface area contributed by atoms with Gasteiger partial charge in [-0.3, -0.25) is 9.36 Å². The van der Waals surface area contributed by atoms with Crippen molar-refractivity contribution in [3.05, 3.63) is 89.6 Å². The van der Waals surface area contributed by atoms with Crippen molar-refractivity contribution in [2.45, 2.75) is 26.5 Å². The molecular weight excluding hydrogens is 514 g/mol. The highest BCUT2D eigenvalue weighted by molar-refractivity contribution is 7.07. The Balaban J connectivity index is 1.99. The molecule has 0 fully saturated rings. The molecule has 0 bridgehead atoms. The maximum atomic E-state index is 13.7. The van der Waals surface area contributed by atoms with Crippen molar-refractivity contribution in [2.75, 3.05) is 13.7 Å². The summed E-state index contributed by atoms with van der Waals surface area (Å²) in [5.74, 6) is -0.295. The molecule has 0 amide bonds. The van der Waals surface area contributed by atoms with Crippen molar-refractivity contribution in [3.8, 4) is 11.5 Å². The van der Waals surface area contributed by atoms with Gasteiger partial charge in [0.15, 0.2) is 4.80 Å². The van der Waals surface area contributed by atoms with Gasteiger partial charge in [0.2, 0.25) is 0 Å². The molecule has 0 N–H and O–H groups in total. The number of allylic oxidation sites excluding steroid dienone is 1. The Bertz CT molecular complexity index is 1530. The predicted molar refractivity (Wildman–Crippen MR) is 131 cm³/mol. The van der Waals surface area contributed by atoms with Crippen LogP contribution in [0.2, 0.25) is 5.02 Å². The van der Waals surface area contributed by atoms with Crippen LogP contribution < -0.4 is 24.4 Å². The molecule has 0 spiro atoms. The van der Waals surface area contributed by atoms with Crippen LogP contribution in [0.5, 0.6) is 11.5 Å². The van der Waals surface area contributed by atoms with Gasteiger partial charge in [0.05, 0.1) is 29.5 Å². The average molecular weight is 535 g/mol. The number of esters is 1. The Morgan fingerprint density at radius 1 is 1.25 bits per heavy atom. The molecule has 1 aromatic heterocycles. The fourth-order valence-corrected chi connectivity index (χ4v) is 5.17. The topological polar surface area (TPSA) is 79.1 Å². The summed E-state index contributed by atoms with van der Waals surface area (Å²) in [7, 11) is 1.47. The second-order valence-electron chi connectivity index (χ2n) is 7.60. The fraction of sp³-hybridized carbons (Fsp3) is 0.240. The zero-order chi connectivity index (χ0) is 26.0. The van der Waals surface area contributed by atoms with E-state index in [9.17, 15) is 18.4 Å². The first-order valence-corrected chi connectivity index (χ1v) is 12.0. The molecule has 36 heavy (non-hydrogen) atoms. The number of hydrogen-bond donors (Lipinski definition) is 0. The molecule has 7 nitrogen and oxygen atoms in total. The van der Waals surface area contributed by atoms with Gasteiger partial charge in [0.25, 0.3) is 5.56 Å². The van der Waals surface area contributed by atoms with E-state index in [2.05, 4.69) is 9.73 Å². The van der Waals surface area contributed by atoms with Gasteiger partial charge in [0.1, 0.15) is 17.5 Å². The van der Waals surface area contributed by atoms with Gasteiger partial charge in [0, 0.05) is 16.1 Å². The summed E-state index contributed by atoms with van der Waals surface area (Å²) in [6.45, 7) is 0.432. The average Bonchev–Trinajstić information content (AvgIpc) is 3.13. The number of alkyl halides is 2. The lowest BCUT2D eigenvalue weighted by molar-refractivity contribution is -0.139. The predicted octanol–water partition coefficient (Wildman–Crippen LogP) is 4.06. The van der Waals surface area contributed by atoms with Gasteiger partial charge in [-0.25, -0.2) is 9.79 Å². The highest BCUT2D eigenvalue weighted by Crippen LogP contribution is 2.37. The number of rotatable bonds is 7. The number of methoxy groups -OCH3 is 1. The molecule has 11 heteroatoms. The fourth-order valence-electron chi connectivity index (χ4n) is 3.95. The third-order valence-electron chi connectivity index (χ3n) is 5.43. The van der Waals surface area contributed by atoms with Gasteiger partial charge >= 0.3 is 12.6 Å². The van der Waals surface area contributed by atoms with Gasteiger partial charge in [-0.15, -0.1) is 0 Å². The highest BCUT2D eigenvalue weighted by Gasteiger charge is 2.35. The third-order valence-corrected chi connectivity index (χ3v) is 6.64. The standard InChI is InChI=1S/C25H21ClF2N2O5S/c1-4-34-23(32)20-13(2)29-25-30(21(20)16-12-15(26)9-10-18(16)33-3)22(31)19(36-25)11-14-7-5-6-8-17(14)35-24(27)28/h5-12,21,24H,4H2,1-3H3/b19-11-/t21-/m0/s1. The maximum absolute atomic E-state index is 13.7. The summed E-state index contributed by atoms with van der Waals surface area (Å²) in [6.07, 6.45) is 1.46. The van der Waals surface area contributed by atoms with E-state index in [1.54, 1.807) is 50.2 Å².